The molecule has 0 aliphatic heterocycles. The maximum atomic E-state index is 10.0. The van der Waals surface area contributed by atoms with Crippen LogP contribution in [0.15, 0.2) is 29.3 Å². The molecule has 2 aromatic rings. The number of hydrogen-bond acceptors (Lipinski definition) is 2. The third kappa shape index (κ3) is 1.25. The standard InChI is InChI=1S/C10H8N2O/c1-7-3-2-4-8-5-9(11-6-13)12-10(7)8/h2-5,12H,1H3. The van der Waals surface area contributed by atoms with Gasteiger partial charge in [-0.1, -0.05) is 18.2 Å². The molecule has 0 spiro atoms. The van der Waals surface area contributed by atoms with E-state index in [-0.39, 0.29) is 0 Å². The monoisotopic (exact) mass is 172 g/mol. The Hall–Kier alpha value is -1.86. The Balaban J connectivity index is 2.75. The van der Waals surface area contributed by atoms with Gasteiger partial charge in [0, 0.05) is 5.39 Å². The second-order valence-corrected chi connectivity index (χ2v) is 2.90. The molecule has 0 saturated carbocycles. The van der Waals surface area contributed by atoms with Gasteiger partial charge in [0.1, 0.15) is 5.82 Å². The number of benzene rings is 1. The van der Waals surface area contributed by atoms with Crippen LogP contribution in [0.25, 0.3) is 10.9 Å². The molecule has 1 heterocycles. The summed E-state index contributed by atoms with van der Waals surface area (Å²) in [7, 11) is 0. The van der Waals surface area contributed by atoms with Gasteiger partial charge in [-0.2, -0.15) is 0 Å². The van der Waals surface area contributed by atoms with Crippen LogP contribution in [0.3, 0.4) is 0 Å². The van der Waals surface area contributed by atoms with Crippen molar-refractivity contribution in [3.8, 4) is 0 Å². The summed E-state index contributed by atoms with van der Waals surface area (Å²) in [4.78, 5) is 16.6. The number of hydrogen-bond donors (Lipinski definition) is 1. The number of nitrogens with zero attached hydrogens (tertiary/aromatic N) is 1. The molecule has 1 aromatic heterocycles. The molecule has 3 nitrogen and oxygen atoms in total. The highest BCUT2D eigenvalue weighted by Gasteiger charge is 2.00. The number of aryl methyl sites for hydroxylation is 1. The van der Waals surface area contributed by atoms with Gasteiger partial charge in [-0.05, 0) is 18.6 Å². The largest absolute Gasteiger partial charge is 0.339 e. The zero-order valence-corrected chi connectivity index (χ0v) is 7.16. The van der Waals surface area contributed by atoms with Crippen LogP contribution in [0.4, 0.5) is 5.82 Å². The molecule has 1 aromatic carbocycles. The second-order valence-electron chi connectivity index (χ2n) is 2.90. The van der Waals surface area contributed by atoms with Crippen molar-refractivity contribution in [3.63, 3.8) is 0 Å². The molecular formula is C10H8N2O. The number of fused-ring (bicyclic) bond motifs is 1. The van der Waals surface area contributed by atoms with Gasteiger partial charge in [0.2, 0.25) is 6.08 Å². The molecule has 0 bridgehead atoms. The zero-order valence-electron chi connectivity index (χ0n) is 7.16. The number of isocyanates is 1. The molecule has 0 amide bonds. The Bertz CT molecular complexity index is 493. The van der Waals surface area contributed by atoms with Crippen LogP contribution < -0.4 is 0 Å². The summed E-state index contributed by atoms with van der Waals surface area (Å²) in [5, 5.41) is 1.06. The van der Waals surface area contributed by atoms with Crippen LogP contribution in [0.1, 0.15) is 5.56 Å². The van der Waals surface area contributed by atoms with E-state index in [0.29, 0.717) is 5.82 Å². The van der Waals surface area contributed by atoms with E-state index in [4.69, 9.17) is 0 Å². The van der Waals surface area contributed by atoms with E-state index < -0.39 is 0 Å². The van der Waals surface area contributed by atoms with Gasteiger partial charge >= 0.3 is 0 Å². The number of H-pyrrole nitrogens is 1. The molecule has 0 unspecified atom stereocenters. The van der Waals surface area contributed by atoms with Crippen LogP contribution in [-0.2, 0) is 4.79 Å². The van der Waals surface area contributed by atoms with Crippen molar-refractivity contribution >= 4 is 22.8 Å². The Kier molecular flexibility index (Phi) is 1.72. The van der Waals surface area contributed by atoms with E-state index in [2.05, 4.69) is 9.98 Å². The molecule has 13 heavy (non-hydrogen) atoms. The average Bonchev–Trinajstić information content (AvgIpc) is 2.49. The fraction of sp³-hybridized carbons (Fsp3) is 0.100. The number of aromatic nitrogens is 1. The predicted octanol–water partition coefficient (Wildman–Crippen LogP) is 2.44. The number of para-hydroxylation sites is 1. The second kappa shape index (κ2) is 2.88. The van der Waals surface area contributed by atoms with Crippen molar-refractivity contribution in [3.05, 3.63) is 29.8 Å². The van der Waals surface area contributed by atoms with E-state index in [0.717, 1.165) is 16.5 Å². The van der Waals surface area contributed by atoms with Crippen molar-refractivity contribution < 1.29 is 4.79 Å². The highest BCUT2D eigenvalue weighted by Crippen LogP contribution is 2.22. The summed E-state index contributed by atoms with van der Waals surface area (Å²) in [5.74, 6) is 0.555. The summed E-state index contributed by atoms with van der Waals surface area (Å²) < 4.78 is 0. The van der Waals surface area contributed by atoms with Gasteiger partial charge in [0.05, 0.1) is 5.52 Å². The lowest BCUT2D eigenvalue weighted by molar-refractivity contribution is 0.565. The number of carbonyl (C=O) groups excluding carboxylic acids is 1. The normalized spacial score (nSPS) is 9.92. The van der Waals surface area contributed by atoms with Crippen molar-refractivity contribution in [2.75, 3.05) is 0 Å². The van der Waals surface area contributed by atoms with Crippen LogP contribution in [0.2, 0.25) is 0 Å². The summed E-state index contributed by atoms with van der Waals surface area (Å²) in [5.41, 5.74) is 2.17. The molecule has 0 aliphatic carbocycles. The van der Waals surface area contributed by atoms with Crippen molar-refractivity contribution in [2.24, 2.45) is 4.99 Å². The number of aliphatic imine (C=N–C) groups is 1. The van der Waals surface area contributed by atoms with E-state index >= 15 is 0 Å². The fourth-order valence-electron chi connectivity index (χ4n) is 1.40. The number of nitrogens with one attached hydrogen (secondary N) is 1. The molecule has 2 rings (SSSR count). The first kappa shape index (κ1) is 7.77. The smallest absolute Gasteiger partial charge is 0.242 e. The van der Waals surface area contributed by atoms with Crippen LogP contribution in [0.5, 0.6) is 0 Å². The lowest BCUT2D eigenvalue weighted by Gasteiger charge is -1.92. The lowest BCUT2D eigenvalue weighted by atomic mass is 10.2. The van der Waals surface area contributed by atoms with Gasteiger partial charge in [-0.3, -0.25) is 0 Å². The van der Waals surface area contributed by atoms with Crippen molar-refractivity contribution in [1.29, 1.82) is 0 Å². The molecule has 64 valence electrons. The van der Waals surface area contributed by atoms with E-state index in [1.165, 1.54) is 6.08 Å². The minimum absolute atomic E-state index is 0.555. The quantitative estimate of drug-likeness (QED) is 0.521. The minimum atomic E-state index is 0.555. The Morgan fingerprint density at radius 2 is 2.31 bits per heavy atom. The Morgan fingerprint density at radius 3 is 3.00 bits per heavy atom. The van der Waals surface area contributed by atoms with E-state index in [1.54, 1.807) is 0 Å². The Morgan fingerprint density at radius 1 is 1.46 bits per heavy atom. The highest BCUT2D eigenvalue weighted by molar-refractivity contribution is 5.86. The molecule has 0 atom stereocenters. The maximum absolute atomic E-state index is 10.0. The summed E-state index contributed by atoms with van der Waals surface area (Å²) >= 11 is 0. The maximum Gasteiger partial charge on any atom is 0.242 e. The first-order valence-electron chi connectivity index (χ1n) is 3.97. The molecular weight excluding hydrogens is 164 g/mol. The number of rotatable bonds is 1. The predicted molar refractivity (Wildman–Crippen MR) is 50.8 cm³/mol. The molecule has 0 radical (unpaired) electrons. The van der Waals surface area contributed by atoms with Gasteiger partial charge in [0.15, 0.2) is 0 Å². The molecule has 1 N–H and O–H groups in total. The van der Waals surface area contributed by atoms with Crippen LogP contribution in [0, 0.1) is 6.92 Å². The first-order valence-corrected chi connectivity index (χ1v) is 3.97. The SMILES string of the molecule is Cc1cccc2cc(N=C=O)[nH]c12. The topological polar surface area (TPSA) is 45.2 Å². The van der Waals surface area contributed by atoms with Gasteiger partial charge in [-0.25, -0.2) is 4.79 Å². The molecule has 0 fully saturated rings. The molecule has 0 aliphatic rings. The lowest BCUT2D eigenvalue weighted by Crippen LogP contribution is -1.73. The number of aromatic amines is 1. The molecule has 3 heteroatoms. The summed E-state index contributed by atoms with van der Waals surface area (Å²) in [6.07, 6.45) is 1.51. The fourth-order valence-corrected chi connectivity index (χ4v) is 1.40. The van der Waals surface area contributed by atoms with Gasteiger partial charge < -0.3 is 4.98 Å². The van der Waals surface area contributed by atoms with Crippen molar-refractivity contribution in [2.45, 2.75) is 6.92 Å². The molecule has 0 saturated heterocycles. The minimum Gasteiger partial charge on any atom is -0.339 e. The Labute approximate surface area is 75.1 Å². The van der Waals surface area contributed by atoms with Gasteiger partial charge in [0.25, 0.3) is 0 Å². The van der Waals surface area contributed by atoms with E-state index in [9.17, 15) is 4.79 Å². The highest BCUT2D eigenvalue weighted by atomic mass is 16.1. The average molecular weight is 172 g/mol. The van der Waals surface area contributed by atoms with Crippen molar-refractivity contribution in [1.82, 2.24) is 4.98 Å². The van der Waals surface area contributed by atoms with Crippen LogP contribution >= 0.6 is 0 Å². The summed E-state index contributed by atoms with van der Waals surface area (Å²) in [6.45, 7) is 2.01. The summed E-state index contributed by atoms with van der Waals surface area (Å²) in [6, 6.07) is 7.78. The first-order chi connectivity index (χ1) is 6.31. The van der Waals surface area contributed by atoms with Gasteiger partial charge in [-0.15, -0.1) is 4.99 Å². The van der Waals surface area contributed by atoms with Crippen LogP contribution in [-0.4, -0.2) is 11.1 Å². The third-order valence-electron chi connectivity index (χ3n) is 2.02. The zero-order chi connectivity index (χ0) is 9.26. The van der Waals surface area contributed by atoms with E-state index in [1.807, 2.05) is 31.2 Å². The third-order valence-corrected chi connectivity index (χ3v) is 2.02.